The molecule has 1 aromatic heterocycles. The van der Waals surface area contributed by atoms with E-state index in [1.165, 1.54) is 36.3 Å². The lowest BCUT2D eigenvalue weighted by molar-refractivity contribution is -0.138. The first kappa shape index (κ1) is 23.1. The van der Waals surface area contributed by atoms with Gasteiger partial charge in [-0.05, 0) is 37.1 Å². The summed E-state index contributed by atoms with van der Waals surface area (Å²) in [7, 11) is 1.46. The maximum atomic E-state index is 13.1. The van der Waals surface area contributed by atoms with Crippen LogP contribution in [-0.4, -0.2) is 48.4 Å². The zero-order valence-corrected chi connectivity index (χ0v) is 17.4. The largest absolute Gasteiger partial charge is 0.418 e. The SMILES string of the molecule is CN(CC(=O)Nc1ccccc1C(F)(F)F)C(=O)C1CCN(c2ccc(C#N)cn2)CC1. The molecule has 2 aromatic rings. The number of para-hydroxylation sites is 1. The number of benzene rings is 1. The van der Waals surface area contributed by atoms with E-state index in [1.807, 2.05) is 11.0 Å². The summed E-state index contributed by atoms with van der Waals surface area (Å²) in [6, 6.07) is 10.2. The van der Waals surface area contributed by atoms with Gasteiger partial charge in [0.1, 0.15) is 11.9 Å². The van der Waals surface area contributed by atoms with E-state index in [1.54, 1.807) is 12.1 Å². The molecule has 3 rings (SSSR count). The highest BCUT2D eigenvalue weighted by atomic mass is 19.4. The minimum atomic E-state index is -4.59. The number of halogens is 3. The molecule has 1 aliphatic rings. The molecule has 0 saturated carbocycles. The van der Waals surface area contributed by atoms with Gasteiger partial charge in [-0.25, -0.2) is 4.98 Å². The monoisotopic (exact) mass is 445 g/mol. The smallest absolute Gasteiger partial charge is 0.357 e. The van der Waals surface area contributed by atoms with Crippen LogP contribution in [0, 0.1) is 17.2 Å². The Labute approximate surface area is 183 Å². The van der Waals surface area contributed by atoms with Crippen molar-refractivity contribution in [3.05, 3.63) is 53.7 Å². The Morgan fingerprint density at radius 3 is 2.50 bits per heavy atom. The van der Waals surface area contributed by atoms with Gasteiger partial charge >= 0.3 is 6.18 Å². The maximum absolute atomic E-state index is 13.1. The third-order valence-corrected chi connectivity index (χ3v) is 5.31. The molecule has 0 bridgehead atoms. The molecular formula is C22H22F3N5O2. The molecular weight excluding hydrogens is 423 g/mol. The molecule has 0 atom stereocenters. The maximum Gasteiger partial charge on any atom is 0.418 e. The molecule has 1 fully saturated rings. The number of amides is 2. The number of hydrogen-bond donors (Lipinski definition) is 1. The van der Waals surface area contributed by atoms with Gasteiger partial charge < -0.3 is 15.1 Å². The number of nitrogens with zero attached hydrogens (tertiary/aromatic N) is 4. The van der Waals surface area contributed by atoms with Crippen LogP contribution in [-0.2, 0) is 15.8 Å². The molecule has 0 spiro atoms. The van der Waals surface area contributed by atoms with Gasteiger partial charge in [-0.15, -0.1) is 0 Å². The number of likely N-dealkylation sites (N-methyl/N-ethyl adjacent to an activating group) is 1. The van der Waals surface area contributed by atoms with Gasteiger partial charge in [0.2, 0.25) is 11.8 Å². The molecule has 7 nitrogen and oxygen atoms in total. The number of rotatable bonds is 5. The lowest BCUT2D eigenvalue weighted by Gasteiger charge is -2.33. The van der Waals surface area contributed by atoms with Crippen LogP contribution < -0.4 is 10.2 Å². The number of pyridine rings is 1. The number of alkyl halides is 3. The highest BCUT2D eigenvalue weighted by molar-refractivity contribution is 5.95. The number of piperidine rings is 1. The molecule has 0 radical (unpaired) electrons. The summed E-state index contributed by atoms with van der Waals surface area (Å²) in [6.45, 7) is 0.838. The number of hydrogen-bond acceptors (Lipinski definition) is 5. The van der Waals surface area contributed by atoms with Crippen molar-refractivity contribution in [3.63, 3.8) is 0 Å². The van der Waals surface area contributed by atoms with Gasteiger partial charge in [0.05, 0.1) is 23.4 Å². The second-order valence-corrected chi connectivity index (χ2v) is 7.56. The van der Waals surface area contributed by atoms with Gasteiger partial charge in [-0.1, -0.05) is 12.1 Å². The Balaban J connectivity index is 1.53. The molecule has 0 unspecified atom stereocenters. The fourth-order valence-electron chi connectivity index (χ4n) is 3.63. The van der Waals surface area contributed by atoms with Gasteiger partial charge in [-0.3, -0.25) is 9.59 Å². The van der Waals surface area contributed by atoms with Gasteiger partial charge in [-0.2, -0.15) is 18.4 Å². The molecule has 10 heteroatoms. The average molecular weight is 445 g/mol. The van der Waals surface area contributed by atoms with Crippen molar-refractivity contribution < 1.29 is 22.8 Å². The number of nitriles is 1. The first-order chi connectivity index (χ1) is 15.2. The van der Waals surface area contributed by atoms with Crippen LogP contribution in [0.5, 0.6) is 0 Å². The summed E-state index contributed by atoms with van der Waals surface area (Å²) in [5.74, 6) is -0.482. The highest BCUT2D eigenvalue weighted by Crippen LogP contribution is 2.34. The van der Waals surface area contributed by atoms with Crippen molar-refractivity contribution in [2.45, 2.75) is 19.0 Å². The van der Waals surface area contributed by atoms with Crippen LogP contribution in [0.4, 0.5) is 24.7 Å². The molecule has 1 saturated heterocycles. The van der Waals surface area contributed by atoms with Crippen molar-refractivity contribution in [2.24, 2.45) is 5.92 Å². The number of carbonyl (C=O) groups is 2. The number of anilines is 2. The van der Waals surface area contributed by atoms with E-state index in [0.29, 0.717) is 31.5 Å². The van der Waals surface area contributed by atoms with Crippen molar-refractivity contribution in [1.29, 1.82) is 5.26 Å². The summed E-state index contributed by atoms with van der Waals surface area (Å²) in [5, 5.41) is 11.1. The van der Waals surface area contributed by atoms with Crippen molar-refractivity contribution in [1.82, 2.24) is 9.88 Å². The quantitative estimate of drug-likeness (QED) is 0.763. The summed E-state index contributed by atoms with van der Waals surface area (Å²) < 4.78 is 39.3. The topological polar surface area (TPSA) is 89.3 Å². The van der Waals surface area contributed by atoms with E-state index in [4.69, 9.17) is 5.26 Å². The fourth-order valence-corrected chi connectivity index (χ4v) is 3.63. The third kappa shape index (κ3) is 5.55. The standard InChI is InChI=1S/C22H22F3N5O2/c1-29(14-20(31)28-18-5-3-2-4-17(18)22(23,24)25)21(32)16-8-10-30(11-9-16)19-7-6-15(12-26)13-27-19/h2-7,13,16H,8-11,14H2,1H3,(H,28,31). The Morgan fingerprint density at radius 1 is 1.22 bits per heavy atom. The summed E-state index contributed by atoms with van der Waals surface area (Å²) in [5.41, 5.74) is -0.809. The number of aromatic nitrogens is 1. The van der Waals surface area contributed by atoms with Crippen molar-refractivity contribution >= 4 is 23.3 Å². The first-order valence-corrected chi connectivity index (χ1v) is 10.0. The lowest BCUT2D eigenvalue weighted by atomic mass is 9.95. The van der Waals surface area contributed by atoms with E-state index >= 15 is 0 Å². The summed E-state index contributed by atoms with van der Waals surface area (Å²) >= 11 is 0. The molecule has 1 N–H and O–H groups in total. The number of nitrogens with one attached hydrogen (secondary N) is 1. The summed E-state index contributed by atoms with van der Waals surface area (Å²) in [4.78, 5) is 32.5. The van der Waals surface area contributed by atoms with Crippen LogP contribution in [0.3, 0.4) is 0 Å². The van der Waals surface area contributed by atoms with Gasteiger partial charge in [0, 0.05) is 32.3 Å². The van der Waals surface area contributed by atoms with Crippen LogP contribution in [0.15, 0.2) is 42.6 Å². The van der Waals surface area contributed by atoms with E-state index < -0.39 is 17.6 Å². The second kappa shape index (κ2) is 9.68. The van der Waals surface area contributed by atoms with E-state index in [2.05, 4.69) is 10.3 Å². The molecule has 2 heterocycles. The van der Waals surface area contributed by atoms with Gasteiger partial charge in [0.15, 0.2) is 0 Å². The minimum Gasteiger partial charge on any atom is -0.357 e. The van der Waals surface area contributed by atoms with E-state index in [9.17, 15) is 22.8 Å². The second-order valence-electron chi connectivity index (χ2n) is 7.56. The van der Waals surface area contributed by atoms with Crippen LogP contribution >= 0.6 is 0 Å². The van der Waals surface area contributed by atoms with Crippen LogP contribution in [0.1, 0.15) is 24.0 Å². The molecule has 168 valence electrons. The van der Waals surface area contributed by atoms with E-state index in [-0.39, 0.29) is 24.1 Å². The van der Waals surface area contributed by atoms with Crippen LogP contribution in [0.2, 0.25) is 0 Å². The predicted octanol–water partition coefficient (Wildman–Crippen LogP) is 3.29. The van der Waals surface area contributed by atoms with Crippen LogP contribution in [0.25, 0.3) is 0 Å². The molecule has 1 aliphatic heterocycles. The summed E-state index contributed by atoms with van der Waals surface area (Å²) in [6.07, 6.45) is -1.98. The zero-order chi connectivity index (χ0) is 23.3. The minimum absolute atomic E-state index is 0.225. The average Bonchev–Trinajstić information content (AvgIpc) is 2.78. The molecule has 0 aliphatic carbocycles. The molecule has 2 amide bonds. The van der Waals surface area contributed by atoms with Crippen molar-refractivity contribution in [3.8, 4) is 6.07 Å². The molecule has 32 heavy (non-hydrogen) atoms. The fraction of sp³-hybridized carbons (Fsp3) is 0.364. The molecule has 1 aromatic carbocycles. The highest BCUT2D eigenvalue weighted by Gasteiger charge is 2.34. The Bertz CT molecular complexity index is 1010. The Hall–Kier alpha value is -3.61. The Morgan fingerprint density at radius 2 is 1.91 bits per heavy atom. The predicted molar refractivity (Wildman–Crippen MR) is 112 cm³/mol. The van der Waals surface area contributed by atoms with E-state index in [0.717, 1.165) is 11.9 Å². The lowest BCUT2D eigenvalue weighted by Crippen LogP contribution is -2.43. The first-order valence-electron chi connectivity index (χ1n) is 10.0. The van der Waals surface area contributed by atoms with Crippen molar-refractivity contribution in [2.75, 3.05) is 36.9 Å². The zero-order valence-electron chi connectivity index (χ0n) is 17.4. The third-order valence-electron chi connectivity index (χ3n) is 5.31. The Kier molecular flexibility index (Phi) is 6.98. The number of carbonyl (C=O) groups excluding carboxylic acids is 2. The normalized spacial score (nSPS) is 14.5. The van der Waals surface area contributed by atoms with Gasteiger partial charge in [0.25, 0.3) is 0 Å².